The molecule has 2 aromatic rings. The standard InChI is InChI=1S/C18H16FN3O3S/c19-13-7-2-1-6-12(13)15-14(9-20)26-18(21-15)22-16(23)10-4-3-5-11(8-10)17(24)25/h1-2,6-7,10-11H,3-5,8H2,(H,24,25)(H,21,22,23)/t10-,11-/m1/s1. The van der Waals surface area contributed by atoms with E-state index in [0.717, 1.165) is 11.3 Å². The van der Waals surface area contributed by atoms with Gasteiger partial charge in [0, 0.05) is 11.5 Å². The van der Waals surface area contributed by atoms with Crippen molar-refractivity contribution in [3.8, 4) is 17.3 Å². The van der Waals surface area contributed by atoms with Crippen LogP contribution in [0.25, 0.3) is 11.3 Å². The van der Waals surface area contributed by atoms with Crippen LogP contribution in [0, 0.1) is 29.0 Å². The zero-order valence-corrected chi connectivity index (χ0v) is 14.6. The van der Waals surface area contributed by atoms with Crippen LogP contribution in [0.2, 0.25) is 0 Å². The fourth-order valence-electron chi connectivity index (χ4n) is 3.14. The van der Waals surface area contributed by atoms with Crippen LogP contribution in [-0.4, -0.2) is 22.0 Å². The number of carboxylic acids is 1. The minimum Gasteiger partial charge on any atom is -0.481 e. The summed E-state index contributed by atoms with van der Waals surface area (Å²) >= 11 is 0.975. The van der Waals surface area contributed by atoms with Crippen LogP contribution in [-0.2, 0) is 9.59 Å². The number of aliphatic carboxylic acids is 1. The number of anilines is 1. The molecule has 1 aliphatic rings. The highest BCUT2D eigenvalue weighted by atomic mass is 32.1. The summed E-state index contributed by atoms with van der Waals surface area (Å²) in [6.07, 6.45) is 2.16. The number of benzene rings is 1. The molecule has 0 unspecified atom stereocenters. The Hall–Kier alpha value is -2.79. The Bertz CT molecular complexity index is 890. The van der Waals surface area contributed by atoms with Gasteiger partial charge in [0.1, 0.15) is 22.5 Å². The van der Waals surface area contributed by atoms with E-state index in [-0.39, 0.29) is 33.6 Å². The summed E-state index contributed by atoms with van der Waals surface area (Å²) in [6.45, 7) is 0. The van der Waals surface area contributed by atoms with Crippen molar-refractivity contribution in [3.63, 3.8) is 0 Å². The topological polar surface area (TPSA) is 103 Å². The third-order valence-corrected chi connectivity index (χ3v) is 5.36. The van der Waals surface area contributed by atoms with Gasteiger partial charge in [0.15, 0.2) is 5.13 Å². The zero-order valence-electron chi connectivity index (χ0n) is 13.7. The molecule has 1 aromatic carbocycles. The van der Waals surface area contributed by atoms with E-state index in [0.29, 0.717) is 19.3 Å². The van der Waals surface area contributed by atoms with Gasteiger partial charge >= 0.3 is 5.97 Å². The SMILES string of the molecule is N#Cc1sc(NC(=O)[C@@H]2CCC[C@@H](C(=O)O)C2)nc1-c1ccccc1F. The van der Waals surface area contributed by atoms with Crippen molar-refractivity contribution >= 4 is 28.3 Å². The van der Waals surface area contributed by atoms with Gasteiger partial charge in [-0.05, 0) is 31.4 Å². The lowest BCUT2D eigenvalue weighted by Gasteiger charge is -2.25. The van der Waals surface area contributed by atoms with Crippen molar-refractivity contribution in [1.82, 2.24) is 4.98 Å². The summed E-state index contributed by atoms with van der Waals surface area (Å²) in [5.74, 6) is -2.61. The van der Waals surface area contributed by atoms with Crippen molar-refractivity contribution in [3.05, 3.63) is 35.0 Å². The second kappa shape index (κ2) is 7.62. The Morgan fingerprint density at radius 2 is 2.04 bits per heavy atom. The van der Waals surface area contributed by atoms with Gasteiger partial charge in [-0.2, -0.15) is 5.26 Å². The van der Waals surface area contributed by atoms with Crippen LogP contribution in [0.5, 0.6) is 0 Å². The van der Waals surface area contributed by atoms with E-state index in [2.05, 4.69) is 10.3 Å². The monoisotopic (exact) mass is 373 g/mol. The van der Waals surface area contributed by atoms with E-state index in [4.69, 9.17) is 5.11 Å². The lowest BCUT2D eigenvalue weighted by Crippen LogP contribution is -2.30. The predicted octanol–water partition coefficient (Wildman–Crippen LogP) is 3.65. The van der Waals surface area contributed by atoms with Gasteiger partial charge in [0.2, 0.25) is 5.91 Å². The van der Waals surface area contributed by atoms with E-state index < -0.39 is 23.6 Å². The van der Waals surface area contributed by atoms with Gasteiger partial charge in [-0.1, -0.05) is 29.9 Å². The summed E-state index contributed by atoms with van der Waals surface area (Å²) < 4.78 is 14.0. The quantitative estimate of drug-likeness (QED) is 0.851. The molecule has 0 aliphatic heterocycles. The van der Waals surface area contributed by atoms with Crippen molar-refractivity contribution in [2.24, 2.45) is 11.8 Å². The van der Waals surface area contributed by atoms with Gasteiger partial charge in [-0.3, -0.25) is 9.59 Å². The van der Waals surface area contributed by atoms with Gasteiger partial charge < -0.3 is 10.4 Å². The number of aromatic nitrogens is 1. The summed E-state index contributed by atoms with van der Waals surface area (Å²) in [6, 6.07) is 7.97. The first kappa shape index (κ1) is 18.0. The highest BCUT2D eigenvalue weighted by Crippen LogP contribution is 2.34. The van der Waals surface area contributed by atoms with Crippen LogP contribution < -0.4 is 5.32 Å². The molecule has 0 saturated heterocycles. The molecule has 1 saturated carbocycles. The zero-order chi connectivity index (χ0) is 18.7. The molecular formula is C18H16FN3O3S. The maximum absolute atomic E-state index is 14.0. The number of halogens is 1. The summed E-state index contributed by atoms with van der Waals surface area (Å²) in [4.78, 5) is 28.0. The highest BCUT2D eigenvalue weighted by Gasteiger charge is 2.31. The second-order valence-electron chi connectivity index (χ2n) is 6.18. The molecule has 8 heteroatoms. The first-order valence-electron chi connectivity index (χ1n) is 8.19. The molecule has 1 aliphatic carbocycles. The van der Waals surface area contributed by atoms with Crippen LogP contribution in [0.4, 0.5) is 9.52 Å². The van der Waals surface area contributed by atoms with Gasteiger partial charge in [0.05, 0.1) is 5.92 Å². The first-order valence-corrected chi connectivity index (χ1v) is 9.00. The van der Waals surface area contributed by atoms with Gasteiger partial charge in [-0.25, -0.2) is 9.37 Å². The number of nitriles is 1. The lowest BCUT2D eigenvalue weighted by molar-refractivity contribution is -0.143. The van der Waals surface area contributed by atoms with E-state index in [1.165, 1.54) is 12.1 Å². The van der Waals surface area contributed by atoms with Crippen molar-refractivity contribution < 1.29 is 19.1 Å². The maximum Gasteiger partial charge on any atom is 0.306 e. The Kier molecular flexibility index (Phi) is 5.28. The minimum atomic E-state index is -0.884. The average Bonchev–Trinajstić information content (AvgIpc) is 3.04. The number of nitrogens with one attached hydrogen (secondary N) is 1. The number of thiazole rings is 1. The molecule has 0 bridgehead atoms. The largest absolute Gasteiger partial charge is 0.481 e. The molecule has 1 heterocycles. The van der Waals surface area contributed by atoms with Crippen LogP contribution in [0.3, 0.4) is 0 Å². The van der Waals surface area contributed by atoms with Crippen molar-refractivity contribution in [2.45, 2.75) is 25.7 Å². The highest BCUT2D eigenvalue weighted by molar-refractivity contribution is 7.16. The lowest BCUT2D eigenvalue weighted by atomic mass is 9.81. The third kappa shape index (κ3) is 3.73. The smallest absolute Gasteiger partial charge is 0.306 e. The molecule has 0 radical (unpaired) electrons. The number of carbonyl (C=O) groups excluding carboxylic acids is 1. The Morgan fingerprint density at radius 3 is 2.73 bits per heavy atom. The Labute approximate surface area is 153 Å². The van der Waals surface area contributed by atoms with Crippen molar-refractivity contribution in [2.75, 3.05) is 5.32 Å². The number of rotatable bonds is 4. The third-order valence-electron chi connectivity index (χ3n) is 4.48. The second-order valence-corrected chi connectivity index (χ2v) is 7.18. The maximum atomic E-state index is 14.0. The number of hydrogen-bond donors (Lipinski definition) is 2. The molecule has 2 atom stereocenters. The molecule has 6 nitrogen and oxygen atoms in total. The van der Waals surface area contributed by atoms with Crippen molar-refractivity contribution in [1.29, 1.82) is 5.26 Å². The summed E-state index contributed by atoms with van der Waals surface area (Å²) in [5, 5.41) is 21.3. The molecule has 3 rings (SSSR count). The Balaban J connectivity index is 1.79. The van der Waals surface area contributed by atoms with Crippen LogP contribution in [0.15, 0.2) is 24.3 Å². The molecule has 2 N–H and O–H groups in total. The van der Waals surface area contributed by atoms with E-state index >= 15 is 0 Å². The van der Waals surface area contributed by atoms with Gasteiger partial charge in [-0.15, -0.1) is 0 Å². The minimum absolute atomic E-state index is 0.193. The fraction of sp³-hybridized carbons (Fsp3) is 0.333. The molecule has 1 fully saturated rings. The van der Waals surface area contributed by atoms with Crippen LogP contribution in [0.1, 0.15) is 30.6 Å². The summed E-state index contributed by atoms with van der Waals surface area (Å²) in [5.41, 5.74) is 0.391. The number of carbonyl (C=O) groups is 2. The Morgan fingerprint density at radius 1 is 1.31 bits per heavy atom. The average molecular weight is 373 g/mol. The van der Waals surface area contributed by atoms with E-state index in [1.807, 2.05) is 6.07 Å². The molecule has 0 spiro atoms. The predicted molar refractivity (Wildman–Crippen MR) is 93.9 cm³/mol. The molecular weight excluding hydrogens is 357 g/mol. The molecule has 1 amide bonds. The molecule has 1 aromatic heterocycles. The van der Waals surface area contributed by atoms with Crippen LogP contribution >= 0.6 is 11.3 Å². The molecule has 26 heavy (non-hydrogen) atoms. The number of nitrogens with zero attached hydrogens (tertiary/aromatic N) is 2. The summed E-state index contributed by atoms with van der Waals surface area (Å²) in [7, 11) is 0. The van der Waals surface area contributed by atoms with E-state index in [9.17, 15) is 19.2 Å². The number of carboxylic acid groups (broad SMARTS) is 1. The number of hydrogen-bond acceptors (Lipinski definition) is 5. The number of amides is 1. The molecule has 134 valence electrons. The first-order chi connectivity index (χ1) is 12.5. The normalized spacial score (nSPS) is 19.5. The van der Waals surface area contributed by atoms with E-state index in [1.54, 1.807) is 12.1 Å². The fourth-order valence-corrected chi connectivity index (χ4v) is 3.92. The van der Waals surface area contributed by atoms with Gasteiger partial charge in [0.25, 0.3) is 0 Å².